The van der Waals surface area contributed by atoms with Gasteiger partial charge in [-0.25, -0.2) is 0 Å². The van der Waals surface area contributed by atoms with Gasteiger partial charge < -0.3 is 9.84 Å². The predicted octanol–water partition coefficient (Wildman–Crippen LogP) is 4.09. The molecule has 0 saturated carbocycles. The Morgan fingerprint density at radius 1 is 1.12 bits per heavy atom. The molecule has 1 aliphatic carbocycles. The quantitative estimate of drug-likeness (QED) is 0.551. The zero-order valence-electron chi connectivity index (χ0n) is 16.0. The van der Waals surface area contributed by atoms with Gasteiger partial charge in [0.25, 0.3) is 5.69 Å². The van der Waals surface area contributed by atoms with Crippen molar-refractivity contribution in [2.24, 2.45) is 10.8 Å². The lowest BCUT2D eigenvalue weighted by molar-refractivity contribution is -0.712. The van der Waals surface area contributed by atoms with Crippen LogP contribution in [0.25, 0.3) is 5.57 Å². The standard InChI is InChI=1S/C21H28NO3/c1-19(2)10-14-12-7-8-15-13(9-16(23)21(5,6)25-15)17(12)22(24)18(14)20(3,4)11-19/h7-8,10,16,23-24H,9,11H2,1-6H3/q+1/t16-/m1/s1. The molecule has 0 saturated heterocycles. The van der Waals surface area contributed by atoms with E-state index in [0.29, 0.717) is 6.42 Å². The number of hydrogen-bond donors (Lipinski definition) is 2. The van der Waals surface area contributed by atoms with Gasteiger partial charge in [0.1, 0.15) is 11.4 Å². The van der Waals surface area contributed by atoms with E-state index in [-0.39, 0.29) is 10.8 Å². The van der Waals surface area contributed by atoms with Crippen LogP contribution in [0.4, 0.5) is 5.69 Å². The second-order valence-electron chi connectivity index (χ2n) is 9.63. The van der Waals surface area contributed by atoms with Crippen molar-refractivity contribution in [2.75, 3.05) is 0 Å². The lowest BCUT2D eigenvalue weighted by Crippen LogP contribution is -2.46. The van der Waals surface area contributed by atoms with Crippen LogP contribution in [-0.4, -0.2) is 32.5 Å². The van der Waals surface area contributed by atoms with E-state index >= 15 is 0 Å². The lowest BCUT2D eigenvalue weighted by Gasteiger charge is -2.36. The highest BCUT2D eigenvalue weighted by Crippen LogP contribution is 2.53. The van der Waals surface area contributed by atoms with Crippen molar-refractivity contribution in [2.45, 2.75) is 66.1 Å². The molecule has 0 aromatic heterocycles. The van der Waals surface area contributed by atoms with Gasteiger partial charge in [0.2, 0.25) is 5.71 Å². The van der Waals surface area contributed by atoms with Gasteiger partial charge in [0.15, 0.2) is 0 Å². The first kappa shape index (κ1) is 16.6. The van der Waals surface area contributed by atoms with Crippen LogP contribution in [0.2, 0.25) is 0 Å². The number of ether oxygens (including phenoxy) is 1. The van der Waals surface area contributed by atoms with Crippen molar-refractivity contribution < 1.29 is 19.8 Å². The molecule has 0 unspecified atom stereocenters. The molecule has 0 radical (unpaired) electrons. The third-order valence-electron chi connectivity index (χ3n) is 5.86. The van der Waals surface area contributed by atoms with Crippen molar-refractivity contribution >= 4 is 17.0 Å². The highest BCUT2D eigenvalue weighted by atomic mass is 16.5. The molecule has 1 aromatic rings. The SMILES string of the molecule is CC1(C)C=C2C(=[N+](O)c3c2ccc2c3C[C@@H](O)C(C)(C)O2)C(C)(C)C1. The molecule has 0 spiro atoms. The second-order valence-corrected chi connectivity index (χ2v) is 9.63. The molecule has 2 heterocycles. The maximum atomic E-state index is 11.1. The molecule has 0 bridgehead atoms. The minimum atomic E-state index is -0.624. The fourth-order valence-electron chi connectivity index (χ4n) is 4.98. The van der Waals surface area contributed by atoms with Gasteiger partial charge >= 0.3 is 0 Å². The van der Waals surface area contributed by atoms with Crippen LogP contribution in [0.1, 0.15) is 59.1 Å². The second kappa shape index (κ2) is 4.67. The first-order valence-electron chi connectivity index (χ1n) is 9.06. The molecule has 1 atom stereocenters. The summed E-state index contributed by atoms with van der Waals surface area (Å²) in [5.74, 6) is 0.755. The van der Waals surface area contributed by atoms with E-state index in [2.05, 4.69) is 33.8 Å². The van der Waals surface area contributed by atoms with Crippen molar-refractivity contribution in [1.82, 2.24) is 0 Å². The molecule has 0 amide bonds. The van der Waals surface area contributed by atoms with Crippen molar-refractivity contribution in [3.05, 3.63) is 29.3 Å². The van der Waals surface area contributed by atoms with Gasteiger partial charge in [0.05, 0.1) is 28.2 Å². The van der Waals surface area contributed by atoms with E-state index in [9.17, 15) is 10.3 Å². The molecule has 3 aliphatic rings. The van der Waals surface area contributed by atoms with Crippen LogP contribution in [-0.2, 0) is 6.42 Å². The van der Waals surface area contributed by atoms with Crippen LogP contribution in [0.15, 0.2) is 18.2 Å². The summed E-state index contributed by atoms with van der Waals surface area (Å²) in [7, 11) is 0. The normalized spacial score (nSPS) is 27.8. The number of aliphatic hydroxyl groups is 1. The number of aliphatic hydroxyl groups excluding tert-OH is 1. The molecule has 2 aliphatic heterocycles. The highest BCUT2D eigenvalue weighted by molar-refractivity contribution is 6.27. The van der Waals surface area contributed by atoms with Gasteiger partial charge in [-0.2, -0.15) is 0 Å². The minimum Gasteiger partial charge on any atom is -0.485 e. The average molecular weight is 342 g/mol. The summed E-state index contributed by atoms with van der Waals surface area (Å²) in [4.78, 5) is 0. The molecule has 4 heteroatoms. The fraction of sp³-hybridized carbons (Fsp3) is 0.571. The Morgan fingerprint density at radius 3 is 2.48 bits per heavy atom. The number of rotatable bonds is 0. The van der Waals surface area contributed by atoms with Gasteiger partial charge in [-0.05, 0) is 51.7 Å². The van der Waals surface area contributed by atoms with Crippen molar-refractivity contribution in [3.63, 3.8) is 0 Å². The predicted molar refractivity (Wildman–Crippen MR) is 97.7 cm³/mol. The maximum Gasteiger partial charge on any atom is 0.272 e. The summed E-state index contributed by atoms with van der Waals surface area (Å²) >= 11 is 0. The summed E-state index contributed by atoms with van der Waals surface area (Å²) in [5, 5.41) is 21.6. The van der Waals surface area contributed by atoms with E-state index in [1.807, 2.05) is 26.0 Å². The number of benzene rings is 1. The van der Waals surface area contributed by atoms with Crippen LogP contribution >= 0.6 is 0 Å². The third kappa shape index (κ3) is 2.27. The Kier molecular flexibility index (Phi) is 3.11. The molecule has 134 valence electrons. The summed E-state index contributed by atoms with van der Waals surface area (Å²) < 4.78 is 7.39. The molecule has 4 nitrogen and oxygen atoms in total. The van der Waals surface area contributed by atoms with Crippen LogP contribution in [0.5, 0.6) is 5.75 Å². The Bertz CT molecular complexity index is 843. The van der Waals surface area contributed by atoms with Crippen molar-refractivity contribution in [3.8, 4) is 5.75 Å². The molecule has 4 rings (SSSR count). The Hall–Kier alpha value is -1.81. The summed E-state index contributed by atoms with van der Waals surface area (Å²) in [6.07, 6.45) is 3.12. The zero-order valence-corrected chi connectivity index (χ0v) is 16.0. The maximum absolute atomic E-state index is 11.1. The number of fused-ring (bicyclic) bond motifs is 5. The van der Waals surface area contributed by atoms with Crippen LogP contribution in [0.3, 0.4) is 0 Å². The number of allylic oxidation sites excluding steroid dienone is 2. The summed E-state index contributed by atoms with van der Waals surface area (Å²) in [6.45, 7) is 12.7. The minimum absolute atomic E-state index is 0.0681. The molecule has 1 aromatic carbocycles. The smallest absolute Gasteiger partial charge is 0.272 e. The lowest BCUT2D eigenvalue weighted by atomic mass is 9.65. The molecular weight excluding hydrogens is 314 g/mol. The van der Waals surface area contributed by atoms with Gasteiger partial charge in [-0.3, -0.25) is 5.21 Å². The van der Waals surface area contributed by atoms with Crippen LogP contribution < -0.4 is 4.74 Å². The highest BCUT2D eigenvalue weighted by Gasteiger charge is 2.52. The molecular formula is C21H28NO3+. The summed E-state index contributed by atoms with van der Waals surface area (Å²) in [6, 6.07) is 4.02. The van der Waals surface area contributed by atoms with Crippen LogP contribution in [0, 0.1) is 10.8 Å². The van der Waals surface area contributed by atoms with E-state index in [4.69, 9.17) is 4.74 Å². The molecule has 25 heavy (non-hydrogen) atoms. The third-order valence-corrected chi connectivity index (χ3v) is 5.86. The van der Waals surface area contributed by atoms with E-state index < -0.39 is 11.7 Å². The van der Waals surface area contributed by atoms with E-state index in [0.717, 1.165) is 40.3 Å². The number of nitrogens with zero attached hydrogens (tertiary/aromatic N) is 1. The van der Waals surface area contributed by atoms with Gasteiger partial charge in [0, 0.05) is 11.2 Å². The first-order chi connectivity index (χ1) is 11.4. The largest absolute Gasteiger partial charge is 0.485 e. The van der Waals surface area contributed by atoms with Gasteiger partial charge in [-0.15, -0.1) is 0 Å². The zero-order chi connectivity index (χ0) is 18.4. The van der Waals surface area contributed by atoms with Gasteiger partial charge in [-0.1, -0.05) is 19.9 Å². The molecule has 0 fully saturated rings. The molecule has 2 N–H and O–H groups in total. The van der Waals surface area contributed by atoms with E-state index in [1.54, 1.807) is 0 Å². The Balaban J connectivity index is 1.97. The number of hydrogen-bond acceptors (Lipinski definition) is 3. The van der Waals surface area contributed by atoms with E-state index in [1.165, 1.54) is 4.74 Å². The average Bonchev–Trinajstić information content (AvgIpc) is 2.71. The Morgan fingerprint density at radius 2 is 1.80 bits per heavy atom. The summed E-state index contributed by atoms with van der Waals surface area (Å²) in [5.41, 5.74) is 4.08. The fourth-order valence-corrected chi connectivity index (χ4v) is 4.98. The first-order valence-corrected chi connectivity index (χ1v) is 9.06. The Labute approximate surface area is 149 Å². The monoisotopic (exact) mass is 342 g/mol. The topological polar surface area (TPSA) is 52.7 Å². The van der Waals surface area contributed by atoms with Crippen molar-refractivity contribution in [1.29, 1.82) is 0 Å².